The van der Waals surface area contributed by atoms with E-state index in [4.69, 9.17) is 16.3 Å². The van der Waals surface area contributed by atoms with Crippen LogP contribution in [-0.2, 0) is 6.61 Å². The maximum absolute atomic E-state index is 13.4. The quantitative estimate of drug-likeness (QED) is 0.349. The molecule has 176 valence electrons. The van der Waals surface area contributed by atoms with Crippen molar-refractivity contribution in [1.82, 2.24) is 25.3 Å². The molecular weight excluding hydrogens is 479 g/mol. The van der Waals surface area contributed by atoms with Crippen LogP contribution < -0.4 is 20.9 Å². The van der Waals surface area contributed by atoms with E-state index in [-0.39, 0.29) is 17.2 Å². The average molecular weight is 501 g/mol. The van der Waals surface area contributed by atoms with Crippen LogP contribution in [0.3, 0.4) is 0 Å². The molecule has 0 spiro atoms. The summed E-state index contributed by atoms with van der Waals surface area (Å²) in [6, 6.07) is 5.67. The number of halogens is 2. The molecule has 4 aromatic rings. The first-order valence-electron chi connectivity index (χ1n) is 10.9. The number of anilines is 1. The number of nitrogens with one attached hydrogen (secondary N) is 3. The molecule has 1 aromatic carbocycles. The lowest BCUT2D eigenvalue weighted by molar-refractivity contribution is 0.295. The van der Waals surface area contributed by atoms with Gasteiger partial charge in [0.2, 0.25) is 0 Å². The van der Waals surface area contributed by atoms with Gasteiger partial charge in [-0.25, -0.2) is 14.4 Å². The Balaban J connectivity index is 1.37. The molecule has 1 aliphatic heterocycles. The van der Waals surface area contributed by atoms with Crippen molar-refractivity contribution in [2.45, 2.75) is 19.4 Å². The van der Waals surface area contributed by atoms with Gasteiger partial charge in [-0.15, -0.1) is 11.3 Å². The summed E-state index contributed by atoms with van der Waals surface area (Å²) in [4.78, 5) is 29.1. The zero-order valence-corrected chi connectivity index (χ0v) is 19.7. The van der Waals surface area contributed by atoms with Crippen molar-refractivity contribution in [3.8, 4) is 17.1 Å². The van der Waals surface area contributed by atoms with Crippen LogP contribution in [0.15, 0.2) is 40.6 Å². The minimum absolute atomic E-state index is 0.0262. The molecule has 0 radical (unpaired) electrons. The number of rotatable bonds is 7. The van der Waals surface area contributed by atoms with Gasteiger partial charge in [0.05, 0.1) is 10.4 Å². The molecule has 1 aliphatic rings. The fraction of sp³-hybridized carbons (Fsp3) is 0.304. The van der Waals surface area contributed by atoms with E-state index in [2.05, 4.69) is 30.6 Å². The molecule has 1 saturated heterocycles. The molecule has 0 aliphatic carbocycles. The third-order valence-corrected chi connectivity index (χ3v) is 6.78. The van der Waals surface area contributed by atoms with Crippen LogP contribution in [0.4, 0.5) is 9.52 Å². The van der Waals surface area contributed by atoms with Crippen LogP contribution in [0.2, 0.25) is 5.02 Å². The van der Waals surface area contributed by atoms with Crippen LogP contribution >= 0.6 is 22.9 Å². The minimum Gasteiger partial charge on any atom is -0.486 e. The van der Waals surface area contributed by atoms with Crippen molar-refractivity contribution >= 4 is 39.0 Å². The molecular formula is C23H22ClFN6O2S. The molecule has 5 rings (SSSR count). The average Bonchev–Trinajstić information content (AvgIpc) is 3.33. The largest absolute Gasteiger partial charge is 0.486 e. The van der Waals surface area contributed by atoms with Gasteiger partial charge in [0.1, 0.15) is 40.9 Å². The summed E-state index contributed by atoms with van der Waals surface area (Å²) in [6.07, 6.45) is 3.88. The van der Waals surface area contributed by atoms with E-state index < -0.39 is 5.82 Å². The summed E-state index contributed by atoms with van der Waals surface area (Å²) in [5.74, 6) is 0.772. The van der Waals surface area contributed by atoms with E-state index in [1.807, 2.05) is 5.38 Å². The number of piperidine rings is 1. The second-order valence-electron chi connectivity index (χ2n) is 8.05. The number of thiazole rings is 1. The second-order valence-corrected chi connectivity index (χ2v) is 9.31. The molecule has 0 saturated carbocycles. The third-order valence-electron chi connectivity index (χ3n) is 5.69. The number of aromatic amines is 1. The van der Waals surface area contributed by atoms with Gasteiger partial charge in [-0.1, -0.05) is 11.6 Å². The molecule has 3 aromatic heterocycles. The lowest BCUT2D eigenvalue weighted by atomic mass is 9.98. The maximum atomic E-state index is 13.4. The first-order chi connectivity index (χ1) is 16.6. The Morgan fingerprint density at radius 2 is 2.09 bits per heavy atom. The molecule has 11 heteroatoms. The summed E-state index contributed by atoms with van der Waals surface area (Å²) in [7, 11) is 0. The highest BCUT2D eigenvalue weighted by atomic mass is 35.5. The van der Waals surface area contributed by atoms with E-state index in [1.165, 1.54) is 29.5 Å². The highest BCUT2D eigenvalue weighted by Gasteiger charge is 2.16. The molecule has 4 heterocycles. The Kier molecular flexibility index (Phi) is 6.70. The monoisotopic (exact) mass is 500 g/mol. The van der Waals surface area contributed by atoms with Crippen molar-refractivity contribution in [3.63, 3.8) is 0 Å². The first-order valence-corrected chi connectivity index (χ1v) is 12.2. The van der Waals surface area contributed by atoms with Gasteiger partial charge in [0.25, 0.3) is 5.56 Å². The Labute approximate surface area is 203 Å². The Hall–Kier alpha value is -3.08. The molecule has 0 amide bonds. The minimum atomic E-state index is -0.533. The van der Waals surface area contributed by atoms with Gasteiger partial charge in [0.15, 0.2) is 5.13 Å². The second kappa shape index (κ2) is 10.0. The summed E-state index contributed by atoms with van der Waals surface area (Å²) < 4.78 is 19.0. The summed E-state index contributed by atoms with van der Waals surface area (Å²) in [5, 5.41) is 9.89. The van der Waals surface area contributed by atoms with Crippen LogP contribution in [0, 0.1) is 11.7 Å². The number of ether oxygens (including phenoxy) is 1. The van der Waals surface area contributed by atoms with Crippen LogP contribution in [0.25, 0.3) is 22.3 Å². The van der Waals surface area contributed by atoms with Crippen molar-refractivity contribution in [2.24, 2.45) is 5.92 Å². The smallest absolute Gasteiger partial charge is 0.258 e. The number of pyridine rings is 1. The van der Waals surface area contributed by atoms with E-state index in [9.17, 15) is 9.18 Å². The third kappa shape index (κ3) is 5.03. The summed E-state index contributed by atoms with van der Waals surface area (Å²) in [6.45, 7) is 2.96. The van der Waals surface area contributed by atoms with E-state index >= 15 is 0 Å². The predicted molar refractivity (Wildman–Crippen MR) is 131 cm³/mol. The van der Waals surface area contributed by atoms with Crippen molar-refractivity contribution in [3.05, 3.63) is 62.9 Å². The number of fused-ring (bicyclic) bond motifs is 1. The maximum Gasteiger partial charge on any atom is 0.258 e. The van der Waals surface area contributed by atoms with Gasteiger partial charge in [-0.3, -0.25) is 9.78 Å². The zero-order valence-electron chi connectivity index (χ0n) is 18.1. The molecule has 34 heavy (non-hydrogen) atoms. The van der Waals surface area contributed by atoms with Gasteiger partial charge in [-0.2, -0.15) is 0 Å². The molecule has 0 bridgehead atoms. The fourth-order valence-electron chi connectivity index (χ4n) is 3.87. The lowest BCUT2D eigenvalue weighted by Crippen LogP contribution is -2.31. The van der Waals surface area contributed by atoms with E-state index in [0.717, 1.165) is 37.6 Å². The van der Waals surface area contributed by atoms with E-state index in [1.54, 1.807) is 12.3 Å². The number of aromatic nitrogens is 4. The molecule has 0 unspecified atom stereocenters. The first kappa shape index (κ1) is 22.7. The SMILES string of the molecule is O=c1[nH]c(COc2ccc(F)c(Cl)c2)nc2c(-c3csc(NCC4CCNCC4)n3)nccc12. The highest BCUT2D eigenvalue weighted by molar-refractivity contribution is 7.14. The number of hydrogen-bond acceptors (Lipinski definition) is 8. The lowest BCUT2D eigenvalue weighted by Gasteiger charge is -2.22. The van der Waals surface area contributed by atoms with Crippen molar-refractivity contribution < 1.29 is 9.13 Å². The van der Waals surface area contributed by atoms with Crippen LogP contribution in [0.5, 0.6) is 5.75 Å². The normalized spacial score (nSPS) is 14.4. The van der Waals surface area contributed by atoms with Crippen molar-refractivity contribution in [2.75, 3.05) is 25.0 Å². The number of hydrogen-bond donors (Lipinski definition) is 3. The standard InChI is InChI=1S/C23H22ClFN6O2S/c24-16-9-14(1-2-17(16)25)33-11-19-30-20-15(22(32)31-19)5-8-27-21(20)18-12-34-23(29-18)28-10-13-3-6-26-7-4-13/h1-2,5,8-9,12-13,26H,3-4,6-7,10-11H2,(H,28,29)(H,30,31,32). The van der Waals surface area contributed by atoms with Gasteiger partial charge in [0, 0.05) is 24.2 Å². The van der Waals surface area contributed by atoms with Gasteiger partial charge >= 0.3 is 0 Å². The van der Waals surface area contributed by atoms with Crippen LogP contribution in [0.1, 0.15) is 18.7 Å². The number of nitrogens with zero attached hydrogens (tertiary/aromatic N) is 3. The van der Waals surface area contributed by atoms with Crippen molar-refractivity contribution in [1.29, 1.82) is 0 Å². The highest BCUT2D eigenvalue weighted by Crippen LogP contribution is 2.28. The predicted octanol–water partition coefficient (Wildman–Crippen LogP) is 4.22. The fourth-order valence-corrected chi connectivity index (χ4v) is 4.74. The Morgan fingerprint density at radius 1 is 1.24 bits per heavy atom. The molecule has 8 nitrogen and oxygen atoms in total. The Morgan fingerprint density at radius 3 is 2.91 bits per heavy atom. The van der Waals surface area contributed by atoms with Gasteiger partial charge in [-0.05, 0) is 50.0 Å². The summed E-state index contributed by atoms with van der Waals surface area (Å²) >= 11 is 7.31. The number of H-pyrrole nitrogens is 1. The molecule has 1 fully saturated rings. The number of benzene rings is 1. The van der Waals surface area contributed by atoms with Gasteiger partial charge < -0.3 is 20.4 Å². The topological polar surface area (TPSA) is 105 Å². The summed E-state index contributed by atoms with van der Waals surface area (Å²) in [5.41, 5.74) is 1.32. The molecule has 3 N–H and O–H groups in total. The molecule has 0 atom stereocenters. The zero-order chi connectivity index (χ0) is 23.5. The van der Waals surface area contributed by atoms with E-state index in [0.29, 0.717) is 39.8 Å². The Bertz CT molecular complexity index is 1370. The van der Waals surface area contributed by atoms with Crippen LogP contribution in [-0.4, -0.2) is 39.6 Å².